The normalized spacial score (nSPS) is 21.2. The average Bonchev–Trinajstić information content (AvgIpc) is 2.80. The van der Waals surface area contributed by atoms with E-state index in [4.69, 9.17) is 10.5 Å². The summed E-state index contributed by atoms with van der Waals surface area (Å²) in [7, 11) is 1.46. The van der Waals surface area contributed by atoms with Gasteiger partial charge in [0.25, 0.3) is 5.91 Å². The first-order valence-corrected chi connectivity index (χ1v) is 7.37. The number of rotatable bonds is 4. The molecule has 0 radical (unpaired) electrons. The van der Waals surface area contributed by atoms with Crippen molar-refractivity contribution >= 4 is 11.9 Å². The molecule has 2 unspecified atom stereocenters. The van der Waals surface area contributed by atoms with Crippen LogP contribution in [0.3, 0.4) is 0 Å². The molecule has 2 aromatic rings. The van der Waals surface area contributed by atoms with Crippen molar-refractivity contribution < 1.29 is 18.3 Å². The van der Waals surface area contributed by atoms with Gasteiger partial charge in [-0.05, 0) is 17.7 Å². The van der Waals surface area contributed by atoms with Crippen molar-refractivity contribution in [1.82, 2.24) is 14.9 Å². The van der Waals surface area contributed by atoms with Gasteiger partial charge in [0.2, 0.25) is 6.36 Å². The number of hydrogen-bond acceptors (Lipinski definition) is 6. The molecule has 25 heavy (non-hydrogen) atoms. The molecule has 2 N–H and O–H groups in total. The molecule has 9 heteroatoms. The van der Waals surface area contributed by atoms with Gasteiger partial charge in [-0.3, -0.25) is 9.69 Å². The molecule has 130 valence electrons. The molecule has 1 aromatic carbocycles. The van der Waals surface area contributed by atoms with Gasteiger partial charge in [0, 0.05) is 31.9 Å². The van der Waals surface area contributed by atoms with Gasteiger partial charge in [-0.15, -0.1) is 0 Å². The predicted octanol–water partition coefficient (Wildman–Crippen LogP) is 1.34. The molecule has 0 aliphatic carbocycles. The lowest BCUT2D eigenvalue weighted by atomic mass is 9.84. The number of amides is 1. The van der Waals surface area contributed by atoms with E-state index in [9.17, 15) is 13.6 Å². The zero-order valence-electron chi connectivity index (χ0n) is 13.5. The molecule has 1 aromatic heterocycles. The minimum absolute atomic E-state index is 0.0213. The maximum absolute atomic E-state index is 13.7. The topological polar surface area (TPSA) is 93.7 Å². The van der Waals surface area contributed by atoms with E-state index in [0.29, 0.717) is 0 Å². The fourth-order valence-electron chi connectivity index (χ4n) is 2.61. The standard InChI is InChI=1S/C16H15F2N5O2/c1-9(17)25-15-20-7-11(8-21-15)16(10-4-3-5-12(18)6-10)13(24)23(2)14(19)22-16/h3-9H,1-2H3,(H2,19,22). The molecule has 3 rings (SSSR count). The Morgan fingerprint density at radius 3 is 2.48 bits per heavy atom. The van der Waals surface area contributed by atoms with E-state index in [1.807, 2.05) is 0 Å². The first-order valence-electron chi connectivity index (χ1n) is 7.37. The largest absolute Gasteiger partial charge is 0.429 e. The van der Waals surface area contributed by atoms with Crippen molar-refractivity contribution in [3.63, 3.8) is 0 Å². The van der Waals surface area contributed by atoms with E-state index in [-0.39, 0.29) is 23.1 Å². The summed E-state index contributed by atoms with van der Waals surface area (Å²) in [6, 6.07) is 5.28. The summed E-state index contributed by atoms with van der Waals surface area (Å²) < 4.78 is 31.4. The van der Waals surface area contributed by atoms with Gasteiger partial charge in [0.1, 0.15) is 5.82 Å². The number of nitrogens with zero attached hydrogens (tertiary/aromatic N) is 4. The monoisotopic (exact) mass is 347 g/mol. The minimum Gasteiger partial charge on any atom is -0.429 e. The molecule has 1 amide bonds. The van der Waals surface area contributed by atoms with E-state index < -0.39 is 23.6 Å². The van der Waals surface area contributed by atoms with Crippen LogP contribution in [0, 0.1) is 5.82 Å². The Labute approximate surface area is 142 Å². The molecule has 2 atom stereocenters. The van der Waals surface area contributed by atoms with Crippen LogP contribution in [0.5, 0.6) is 6.01 Å². The van der Waals surface area contributed by atoms with Crippen LogP contribution in [0.15, 0.2) is 41.7 Å². The molecule has 2 heterocycles. The number of nitrogens with two attached hydrogens (primary N) is 1. The number of ether oxygens (including phenoxy) is 1. The van der Waals surface area contributed by atoms with Gasteiger partial charge in [-0.2, -0.15) is 0 Å². The lowest BCUT2D eigenvalue weighted by molar-refractivity contribution is -0.129. The van der Waals surface area contributed by atoms with Crippen molar-refractivity contribution in [3.8, 4) is 6.01 Å². The Bertz CT molecular complexity index is 841. The molecule has 7 nitrogen and oxygen atoms in total. The number of alkyl halides is 1. The van der Waals surface area contributed by atoms with Crippen LogP contribution in [0.25, 0.3) is 0 Å². The Kier molecular flexibility index (Phi) is 4.07. The van der Waals surface area contributed by atoms with Gasteiger partial charge in [0.05, 0.1) is 0 Å². The summed E-state index contributed by atoms with van der Waals surface area (Å²) in [5.41, 5.74) is 4.73. The summed E-state index contributed by atoms with van der Waals surface area (Å²) in [5, 5.41) is 0. The molecule has 0 bridgehead atoms. The third-order valence-corrected chi connectivity index (χ3v) is 3.80. The van der Waals surface area contributed by atoms with Crippen molar-refractivity contribution in [2.75, 3.05) is 7.05 Å². The summed E-state index contributed by atoms with van der Waals surface area (Å²) in [5.74, 6) is -1.03. The van der Waals surface area contributed by atoms with E-state index in [1.165, 1.54) is 49.5 Å². The Morgan fingerprint density at radius 1 is 1.28 bits per heavy atom. The highest BCUT2D eigenvalue weighted by Crippen LogP contribution is 2.39. The SMILES string of the molecule is CC(F)Oc1ncc(C2(c3cccc(F)c3)N=C(N)N(C)C2=O)cn1. The molecule has 0 saturated heterocycles. The Balaban J connectivity index is 2.15. The molecule has 0 saturated carbocycles. The van der Waals surface area contributed by atoms with E-state index in [0.717, 1.165) is 0 Å². The number of guanidine groups is 1. The predicted molar refractivity (Wildman–Crippen MR) is 84.8 cm³/mol. The highest BCUT2D eigenvalue weighted by atomic mass is 19.1. The Morgan fingerprint density at radius 2 is 1.96 bits per heavy atom. The van der Waals surface area contributed by atoms with Gasteiger partial charge in [0.15, 0.2) is 11.5 Å². The van der Waals surface area contributed by atoms with Crippen LogP contribution in [0.2, 0.25) is 0 Å². The number of carbonyl (C=O) groups excluding carboxylic acids is 1. The van der Waals surface area contributed by atoms with Crippen molar-refractivity contribution in [1.29, 1.82) is 0 Å². The number of halogens is 2. The van der Waals surface area contributed by atoms with Crippen molar-refractivity contribution in [3.05, 3.63) is 53.6 Å². The third-order valence-electron chi connectivity index (χ3n) is 3.80. The molecular formula is C16H15F2N5O2. The van der Waals surface area contributed by atoms with Crippen LogP contribution >= 0.6 is 0 Å². The number of aromatic nitrogens is 2. The number of hydrogen-bond donors (Lipinski definition) is 1. The number of carbonyl (C=O) groups is 1. The fraction of sp³-hybridized carbons (Fsp3) is 0.250. The van der Waals surface area contributed by atoms with E-state index in [2.05, 4.69) is 15.0 Å². The van der Waals surface area contributed by atoms with Crippen LogP contribution in [0.1, 0.15) is 18.1 Å². The summed E-state index contributed by atoms with van der Waals surface area (Å²) in [4.78, 5) is 26.1. The molecular weight excluding hydrogens is 332 g/mol. The van der Waals surface area contributed by atoms with Gasteiger partial charge < -0.3 is 10.5 Å². The maximum Gasteiger partial charge on any atom is 0.318 e. The van der Waals surface area contributed by atoms with Crippen LogP contribution in [0.4, 0.5) is 8.78 Å². The first kappa shape index (κ1) is 16.7. The quantitative estimate of drug-likeness (QED) is 0.901. The maximum atomic E-state index is 13.7. The molecule has 0 fully saturated rings. The second-order valence-electron chi connectivity index (χ2n) is 5.47. The number of likely N-dealkylation sites (N-methyl/N-ethyl adjacent to an activating group) is 1. The first-order chi connectivity index (χ1) is 11.8. The minimum atomic E-state index is -1.61. The van der Waals surface area contributed by atoms with Crippen LogP contribution in [-0.2, 0) is 10.3 Å². The molecule has 1 aliphatic rings. The highest BCUT2D eigenvalue weighted by molar-refractivity contribution is 6.08. The second-order valence-corrected chi connectivity index (χ2v) is 5.47. The van der Waals surface area contributed by atoms with Crippen molar-refractivity contribution in [2.45, 2.75) is 18.8 Å². The number of aliphatic imine (C=N–C) groups is 1. The van der Waals surface area contributed by atoms with Crippen LogP contribution in [-0.4, -0.2) is 40.1 Å². The highest BCUT2D eigenvalue weighted by Gasteiger charge is 2.50. The number of benzene rings is 1. The van der Waals surface area contributed by atoms with Crippen LogP contribution < -0.4 is 10.5 Å². The molecule has 0 spiro atoms. The fourth-order valence-corrected chi connectivity index (χ4v) is 2.61. The summed E-state index contributed by atoms with van der Waals surface area (Å²) in [6.07, 6.45) is 0.975. The smallest absolute Gasteiger partial charge is 0.318 e. The summed E-state index contributed by atoms with van der Waals surface area (Å²) >= 11 is 0. The zero-order valence-corrected chi connectivity index (χ0v) is 13.5. The average molecular weight is 347 g/mol. The second kappa shape index (κ2) is 6.08. The zero-order chi connectivity index (χ0) is 18.2. The van der Waals surface area contributed by atoms with Gasteiger partial charge >= 0.3 is 6.01 Å². The van der Waals surface area contributed by atoms with E-state index >= 15 is 0 Å². The van der Waals surface area contributed by atoms with Crippen molar-refractivity contribution in [2.24, 2.45) is 10.7 Å². The molecule has 1 aliphatic heterocycles. The summed E-state index contributed by atoms with van der Waals surface area (Å²) in [6.45, 7) is 1.19. The lowest BCUT2D eigenvalue weighted by Crippen LogP contribution is -2.41. The lowest BCUT2D eigenvalue weighted by Gasteiger charge is -2.25. The Hall–Kier alpha value is -3.10. The van der Waals surface area contributed by atoms with Gasteiger partial charge in [-0.1, -0.05) is 12.1 Å². The van der Waals surface area contributed by atoms with Gasteiger partial charge in [-0.25, -0.2) is 23.7 Å². The van der Waals surface area contributed by atoms with E-state index in [1.54, 1.807) is 6.07 Å². The third kappa shape index (κ3) is 2.77.